The van der Waals surface area contributed by atoms with Crippen LogP contribution in [0.2, 0.25) is 0 Å². The number of carbonyl (C=O) groups excluding carboxylic acids is 2. The quantitative estimate of drug-likeness (QED) is 0.467. The van der Waals surface area contributed by atoms with Gasteiger partial charge in [-0.1, -0.05) is 56.5 Å². The number of benzene rings is 2. The molecule has 2 fully saturated rings. The van der Waals surface area contributed by atoms with Gasteiger partial charge in [0.05, 0.1) is 19.1 Å². The van der Waals surface area contributed by atoms with E-state index < -0.39 is 5.92 Å². The molecule has 2 atom stereocenters. The van der Waals surface area contributed by atoms with E-state index in [-0.39, 0.29) is 23.9 Å². The summed E-state index contributed by atoms with van der Waals surface area (Å²) in [5.41, 5.74) is 2.50. The molecule has 38 heavy (non-hydrogen) atoms. The molecule has 0 bridgehead atoms. The van der Waals surface area contributed by atoms with Gasteiger partial charge in [0, 0.05) is 18.2 Å². The summed E-state index contributed by atoms with van der Waals surface area (Å²) < 4.78 is 5.41. The van der Waals surface area contributed by atoms with Crippen molar-refractivity contribution in [2.24, 2.45) is 5.92 Å². The third kappa shape index (κ3) is 5.75. The largest absolute Gasteiger partial charge is 0.497 e. The maximum atomic E-state index is 14.0. The van der Waals surface area contributed by atoms with Gasteiger partial charge in [0.2, 0.25) is 5.91 Å². The Hall–Kier alpha value is -2.86. The lowest BCUT2D eigenvalue weighted by Crippen LogP contribution is -2.52. The molecule has 1 aliphatic carbocycles. The van der Waals surface area contributed by atoms with E-state index in [1.165, 1.54) is 19.3 Å². The van der Waals surface area contributed by atoms with Crippen molar-refractivity contribution < 1.29 is 14.3 Å². The zero-order valence-corrected chi connectivity index (χ0v) is 23.0. The van der Waals surface area contributed by atoms with E-state index in [9.17, 15) is 9.59 Å². The Kier molecular flexibility index (Phi) is 8.68. The standard InChI is InChI=1S/C32H43N3O3/c1-23-17-21-34(22-18-23)20-8-19-33-31(36)29-27-11-6-7-12-28(27)32(37)35(25-9-4-3-5-10-25)30(29)24-13-15-26(38-2)16-14-24/h6-7,11-16,23,25,29-30H,3-5,8-10,17-22H2,1-2H3,(H,33,36)/t29-,30+/m1/s1. The number of ether oxygens (including phenoxy) is 1. The van der Waals surface area contributed by atoms with E-state index in [4.69, 9.17) is 4.74 Å². The lowest BCUT2D eigenvalue weighted by atomic mass is 9.77. The Bertz CT molecular complexity index is 1090. The fourth-order valence-corrected chi connectivity index (χ4v) is 6.66. The van der Waals surface area contributed by atoms with Crippen molar-refractivity contribution in [1.29, 1.82) is 0 Å². The molecule has 2 aliphatic heterocycles. The number of amides is 2. The monoisotopic (exact) mass is 517 g/mol. The molecule has 0 radical (unpaired) electrons. The average molecular weight is 518 g/mol. The molecule has 6 heteroatoms. The van der Waals surface area contributed by atoms with Gasteiger partial charge in [0.15, 0.2) is 0 Å². The molecule has 204 valence electrons. The van der Waals surface area contributed by atoms with Gasteiger partial charge in [-0.05, 0) is 87.0 Å². The number of nitrogens with one attached hydrogen (secondary N) is 1. The summed E-state index contributed by atoms with van der Waals surface area (Å²) in [6.07, 6.45) is 8.90. The second kappa shape index (κ2) is 12.3. The summed E-state index contributed by atoms with van der Waals surface area (Å²) in [5.74, 6) is 1.21. The number of piperidine rings is 1. The Balaban J connectivity index is 1.41. The van der Waals surface area contributed by atoms with Crippen LogP contribution >= 0.6 is 0 Å². The summed E-state index contributed by atoms with van der Waals surface area (Å²) in [5, 5.41) is 3.27. The molecular formula is C32H43N3O3. The number of nitrogens with zero attached hydrogens (tertiary/aromatic N) is 2. The summed E-state index contributed by atoms with van der Waals surface area (Å²) in [6, 6.07) is 15.5. The topological polar surface area (TPSA) is 61.9 Å². The number of fused-ring (bicyclic) bond motifs is 1. The van der Waals surface area contributed by atoms with Crippen molar-refractivity contribution >= 4 is 11.8 Å². The Morgan fingerprint density at radius 1 is 0.974 bits per heavy atom. The van der Waals surface area contributed by atoms with Crippen LogP contribution in [0, 0.1) is 5.92 Å². The second-order valence-corrected chi connectivity index (χ2v) is 11.5. The predicted octanol–water partition coefficient (Wildman–Crippen LogP) is 5.55. The van der Waals surface area contributed by atoms with Crippen LogP contribution in [0.4, 0.5) is 0 Å². The molecule has 1 N–H and O–H groups in total. The number of likely N-dealkylation sites (tertiary alicyclic amines) is 1. The van der Waals surface area contributed by atoms with Gasteiger partial charge in [0.25, 0.3) is 5.91 Å². The van der Waals surface area contributed by atoms with Gasteiger partial charge in [-0.25, -0.2) is 0 Å². The Morgan fingerprint density at radius 2 is 1.68 bits per heavy atom. The van der Waals surface area contributed by atoms with Crippen LogP contribution in [0.25, 0.3) is 0 Å². The average Bonchev–Trinajstić information content (AvgIpc) is 2.96. The molecule has 2 aromatic carbocycles. The highest BCUT2D eigenvalue weighted by Gasteiger charge is 2.46. The van der Waals surface area contributed by atoms with Crippen LogP contribution in [-0.2, 0) is 4.79 Å². The molecule has 3 aliphatic rings. The number of methoxy groups -OCH3 is 1. The van der Waals surface area contributed by atoms with Gasteiger partial charge in [-0.15, -0.1) is 0 Å². The third-order valence-corrected chi connectivity index (χ3v) is 8.91. The van der Waals surface area contributed by atoms with Crippen molar-refractivity contribution in [1.82, 2.24) is 15.1 Å². The fourth-order valence-electron chi connectivity index (χ4n) is 6.66. The van der Waals surface area contributed by atoms with Crippen molar-refractivity contribution in [3.05, 3.63) is 65.2 Å². The van der Waals surface area contributed by atoms with E-state index in [2.05, 4.69) is 22.0 Å². The van der Waals surface area contributed by atoms with E-state index in [1.807, 2.05) is 48.5 Å². The van der Waals surface area contributed by atoms with Crippen LogP contribution in [-0.4, -0.2) is 60.9 Å². The first-order valence-corrected chi connectivity index (χ1v) is 14.6. The van der Waals surface area contributed by atoms with Crippen molar-refractivity contribution in [2.75, 3.05) is 33.3 Å². The fraction of sp³-hybridized carbons (Fsp3) is 0.562. The molecule has 2 aromatic rings. The van der Waals surface area contributed by atoms with E-state index in [0.29, 0.717) is 12.1 Å². The number of carbonyl (C=O) groups is 2. The minimum atomic E-state index is -0.449. The highest BCUT2D eigenvalue weighted by atomic mass is 16.5. The Labute approximate surface area is 227 Å². The van der Waals surface area contributed by atoms with Crippen LogP contribution < -0.4 is 10.1 Å². The SMILES string of the molecule is COc1ccc([C@H]2[C@H](C(=O)NCCCN3CCC(C)CC3)c3ccccc3C(=O)N2C2CCCCC2)cc1. The summed E-state index contributed by atoms with van der Waals surface area (Å²) in [7, 11) is 1.66. The molecule has 0 aromatic heterocycles. The maximum absolute atomic E-state index is 14.0. The Morgan fingerprint density at radius 3 is 2.39 bits per heavy atom. The molecule has 0 spiro atoms. The second-order valence-electron chi connectivity index (χ2n) is 11.5. The van der Waals surface area contributed by atoms with Gasteiger partial charge in [-0.2, -0.15) is 0 Å². The van der Waals surface area contributed by atoms with E-state index in [0.717, 1.165) is 74.5 Å². The summed E-state index contributed by atoms with van der Waals surface area (Å²) >= 11 is 0. The molecule has 0 unspecified atom stereocenters. The van der Waals surface area contributed by atoms with Crippen LogP contribution in [0.5, 0.6) is 5.75 Å². The van der Waals surface area contributed by atoms with Gasteiger partial charge in [-0.3, -0.25) is 9.59 Å². The van der Waals surface area contributed by atoms with Crippen molar-refractivity contribution in [2.45, 2.75) is 76.3 Å². The van der Waals surface area contributed by atoms with E-state index in [1.54, 1.807) is 7.11 Å². The first-order valence-electron chi connectivity index (χ1n) is 14.6. The smallest absolute Gasteiger partial charge is 0.254 e. The number of hydrogen-bond acceptors (Lipinski definition) is 4. The molecule has 6 nitrogen and oxygen atoms in total. The zero-order valence-electron chi connectivity index (χ0n) is 23.0. The minimum absolute atomic E-state index is 0.0128. The third-order valence-electron chi connectivity index (χ3n) is 8.91. The van der Waals surface area contributed by atoms with Crippen LogP contribution in [0.3, 0.4) is 0 Å². The van der Waals surface area contributed by atoms with Gasteiger partial charge in [0.1, 0.15) is 5.75 Å². The van der Waals surface area contributed by atoms with E-state index >= 15 is 0 Å². The van der Waals surface area contributed by atoms with Crippen molar-refractivity contribution in [3.63, 3.8) is 0 Å². The minimum Gasteiger partial charge on any atom is -0.497 e. The first kappa shape index (κ1) is 26.7. The summed E-state index contributed by atoms with van der Waals surface area (Å²) in [4.78, 5) is 32.6. The molecule has 1 saturated heterocycles. The lowest BCUT2D eigenvalue weighted by molar-refractivity contribution is -0.124. The normalized spacial score (nSPS) is 23.2. The highest BCUT2D eigenvalue weighted by Crippen LogP contribution is 2.46. The van der Waals surface area contributed by atoms with Crippen molar-refractivity contribution in [3.8, 4) is 5.75 Å². The lowest BCUT2D eigenvalue weighted by Gasteiger charge is -2.46. The van der Waals surface area contributed by atoms with Gasteiger partial charge < -0.3 is 19.9 Å². The first-order chi connectivity index (χ1) is 18.6. The molecule has 5 rings (SSSR count). The zero-order chi connectivity index (χ0) is 26.5. The predicted molar refractivity (Wildman–Crippen MR) is 150 cm³/mol. The maximum Gasteiger partial charge on any atom is 0.254 e. The number of rotatable bonds is 8. The van der Waals surface area contributed by atoms with Gasteiger partial charge >= 0.3 is 0 Å². The molecule has 1 saturated carbocycles. The number of hydrogen-bond donors (Lipinski definition) is 1. The highest BCUT2D eigenvalue weighted by molar-refractivity contribution is 6.01. The van der Waals surface area contributed by atoms with Crippen LogP contribution in [0.1, 0.15) is 91.7 Å². The molecular weight excluding hydrogens is 474 g/mol. The molecule has 2 heterocycles. The molecule has 2 amide bonds. The summed E-state index contributed by atoms with van der Waals surface area (Å²) in [6.45, 7) is 6.31. The van der Waals surface area contributed by atoms with Crippen LogP contribution in [0.15, 0.2) is 48.5 Å².